The Morgan fingerprint density at radius 1 is 1.39 bits per heavy atom. The van der Waals surface area contributed by atoms with Gasteiger partial charge in [0.15, 0.2) is 0 Å². The number of hydrogen-bond acceptors (Lipinski definition) is 4. The summed E-state index contributed by atoms with van der Waals surface area (Å²) in [6.07, 6.45) is 1.89. The molecule has 1 heterocycles. The maximum atomic E-state index is 5.59. The second kappa shape index (κ2) is 5.50. The number of hydrogen-bond donors (Lipinski definition) is 1. The molecule has 0 saturated carbocycles. The van der Waals surface area contributed by atoms with Crippen molar-refractivity contribution in [3.05, 3.63) is 35.0 Å². The van der Waals surface area contributed by atoms with Crippen LogP contribution in [0, 0.1) is 0 Å². The van der Waals surface area contributed by atoms with Crippen molar-refractivity contribution in [2.45, 2.75) is 26.3 Å². The van der Waals surface area contributed by atoms with Gasteiger partial charge in [-0.1, -0.05) is 13.8 Å². The number of methoxy groups -OCH3 is 1. The summed E-state index contributed by atoms with van der Waals surface area (Å²) in [5.41, 5.74) is 7.99. The molecule has 2 rings (SSSR count). The average molecular weight is 262 g/mol. The molecule has 18 heavy (non-hydrogen) atoms. The van der Waals surface area contributed by atoms with Crippen LogP contribution in [0.5, 0.6) is 5.75 Å². The van der Waals surface area contributed by atoms with Gasteiger partial charge in [-0.15, -0.1) is 11.3 Å². The van der Waals surface area contributed by atoms with Crippen molar-refractivity contribution in [2.24, 2.45) is 5.73 Å². The molecule has 0 aliphatic carbocycles. The first kappa shape index (κ1) is 13.1. The Morgan fingerprint density at radius 2 is 2.17 bits per heavy atom. The van der Waals surface area contributed by atoms with Crippen molar-refractivity contribution >= 4 is 11.3 Å². The van der Waals surface area contributed by atoms with E-state index in [4.69, 9.17) is 10.5 Å². The Balaban J connectivity index is 2.42. The number of thiazole rings is 1. The smallest absolute Gasteiger partial charge is 0.122 e. The zero-order valence-electron chi connectivity index (χ0n) is 10.9. The minimum absolute atomic E-state index is 0.432. The lowest BCUT2D eigenvalue weighted by molar-refractivity contribution is 0.407. The van der Waals surface area contributed by atoms with Gasteiger partial charge in [-0.2, -0.15) is 0 Å². The van der Waals surface area contributed by atoms with E-state index < -0.39 is 0 Å². The van der Waals surface area contributed by atoms with Gasteiger partial charge in [0.25, 0.3) is 0 Å². The van der Waals surface area contributed by atoms with Crippen molar-refractivity contribution in [2.75, 3.05) is 7.11 Å². The van der Waals surface area contributed by atoms with Crippen LogP contribution in [0.2, 0.25) is 0 Å². The molecule has 0 saturated heterocycles. The Morgan fingerprint density at radius 3 is 2.72 bits per heavy atom. The van der Waals surface area contributed by atoms with E-state index in [0.29, 0.717) is 12.5 Å². The highest BCUT2D eigenvalue weighted by Crippen LogP contribution is 2.33. The van der Waals surface area contributed by atoms with Crippen LogP contribution in [0.25, 0.3) is 10.4 Å². The molecule has 0 fully saturated rings. The molecule has 2 aromatic rings. The van der Waals surface area contributed by atoms with E-state index in [-0.39, 0.29) is 0 Å². The first-order valence-corrected chi connectivity index (χ1v) is 6.80. The predicted molar refractivity (Wildman–Crippen MR) is 76.1 cm³/mol. The van der Waals surface area contributed by atoms with Crippen LogP contribution in [0.4, 0.5) is 0 Å². The second-order valence-electron chi connectivity index (χ2n) is 4.43. The van der Waals surface area contributed by atoms with Gasteiger partial charge < -0.3 is 10.5 Å². The molecule has 0 spiro atoms. The normalized spacial score (nSPS) is 10.9. The maximum absolute atomic E-state index is 5.59. The Hall–Kier alpha value is -1.39. The minimum atomic E-state index is 0.432. The lowest BCUT2D eigenvalue weighted by Gasteiger charge is -2.12. The number of rotatable bonds is 4. The van der Waals surface area contributed by atoms with Crippen molar-refractivity contribution in [3.63, 3.8) is 0 Å². The van der Waals surface area contributed by atoms with Gasteiger partial charge in [0.1, 0.15) is 10.8 Å². The molecule has 0 atom stereocenters. The summed E-state index contributed by atoms with van der Waals surface area (Å²) < 4.78 is 5.39. The fourth-order valence-corrected chi connectivity index (χ4v) is 2.67. The number of ether oxygens (including phenoxy) is 1. The number of benzene rings is 1. The van der Waals surface area contributed by atoms with Gasteiger partial charge in [-0.3, -0.25) is 0 Å². The monoisotopic (exact) mass is 262 g/mol. The number of aromatic nitrogens is 1. The molecule has 0 radical (unpaired) electrons. The van der Waals surface area contributed by atoms with Crippen LogP contribution in [0.15, 0.2) is 24.4 Å². The van der Waals surface area contributed by atoms with Gasteiger partial charge in [0.2, 0.25) is 0 Å². The Labute approximate surface area is 112 Å². The standard InChI is InChI=1S/C14H18N2OS/c1-9(2)11-6-10(4-5-12(11)17-3)13-8-16-14(7-15)18-13/h4-6,8-9H,7,15H2,1-3H3. The van der Waals surface area contributed by atoms with Crippen LogP contribution in [0.1, 0.15) is 30.3 Å². The molecule has 0 unspecified atom stereocenters. The molecule has 4 heteroatoms. The van der Waals surface area contributed by atoms with E-state index in [1.807, 2.05) is 12.3 Å². The van der Waals surface area contributed by atoms with E-state index in [1.54, 1.807) is 18.4 Å². The summed E-state index contributed by atoms with van der Waals surface area (Å²) in [5.74, 6) is 1.37. The van der Waals surface area contributed by atoms with E-state index in [9.17, 15) is 0 Å². The van der Waals surface area contributed by atoms with Crippen molar-refractivity contribution in [3.8, 4) is 16.2 Å². The first-order valence-electron chi connectivity index (χ1n) is 5.98. The topological polar surface area (TPSA) is 48.1 Å². The summed E-state index contributed by atoms with van der Waals surface area (Å²) in [7, 11) is 1.71. The summed E-state index contributed by atoms with van der Waals surface area (Å²) in [6, 6.07) is 6.27. The average Bonchev–Trinajstić information content (AvgIpc) is 2.86. The largest absolute Gasteiger partial charge is 0.496 e. The van der Waals surface area contributed by atoms with E-state index in [0.717, 1.165) is 15.6 Å². The molecule has 2 N–H and O–H groups in total. The maximum Gasteiger partial charge on any atom is 0.122 e. The van der Waals surface area contributed by atoms with Crippen LogP contribution in [-0.4, -0.2) is 12.1 Å². The lowest BCUT2D eigenvalue weighted by Crippen LogP contribution is -1.94. The molecular formula is C14H18N2OS. The zero-order valence-corrected chi connectivity index (χ0v) is 11.8. The van der Waals surface area contributed by atoms with E-state index in [2.05, 4.69) is 31.0 Å². The fourth-order valence-electron chi connectivity index (χ4n) is 1.88. The lowest BCUT2D eigenvalue weighted by atomic mass is 9.99. The summed E-state index contributed by atoms with van der Waals surface area (Å²) >= 11 is 1.64. The highest BCUT2D eigenvalue weighted by molar-refractivity contribution is 7.15. The van der Waals surface area contributed by atoms with Crippen molar-refractivity contribution in [1.29, 1.82) is 0 Å². The summed E-state index contributed by atoms with van der Waals surface area (Å²) in [4.78, 5) is 5.44. The third-order valence-electron chi connectivity index (χ3n) is 2.86. The van der Waals surface area contributed by atoms with Crippen molar-refractivity contribution in [1.82, 2.24) is 4.98 Å². The van der Waals surface area contributed by atoms with Crippen LogP contribution in [-0.2, 0) is 6.54 Å². The Kier molecular flexibility index (Phi) is 3.99. The third kappa shape index (κ3) is 2.54. The second-order valence-corrected chi connectivity index (χ2v) is 5.55. The Bertz CT molecular complexity index is 534. The zero-order chi connectivity index (χ0) is 13.1. The summed E-state index contributed by atoms with van der Waals surface area (Å²) in [5, 5.41) is 0.965. The fraction of sp³-hybridized carbons (Fsp3) is 0.357. The van der Waals surface area contributed by atoms with Crippen LogP contribution >= 0.6 is 11.3 Å². The quantitative estimate of drug-likeness (QED) is 0.918. The molecular weight excluding hydrogens is 244 g/mol. The molecule has 0 aliphatic heterocycles. The molecule has 0 bridgehead atoms. The number of nitrogens with two attached hydrogens (primary N) is 1. The summed E-state index contributed by atoms with van der Waals surface area (Å²) in [6.45, 7) is 4.83. The minimum Gasteiger partial charge on any atom is -0.496 e. The number of nitrogens with zero attached hydrogens (tertiary/aromatic N) is 1. The van der Waals surface area contributed by atoms with Gasteiger partial charge in [-0.05, 0) is 35.2 Å². The predicted octanol–water partition coefficient (Wildman–Crippen LogP) is 3.40. The molecule has 1 aromatic heterocycles. The molecule has 96 valence electrons. The molecule has 0 amide bonds. The van der Waals surface area contributed by atoms with Gasteiger partial charge in [0.05, 0.1) is 12.0 Å². The SMILES string of the molecule is COc1ccc(-c2cnc(CN)s2)cc1C(C)C. The van der Waals surface area contributed by atoms with E-state index in [1.165, 1.54) is 11.1 Å². The van der Waals surface area contributed by atoms with Gasteiger partial charge in [-0.25, -0.2) is 4.98 Å². The molecule has 0 aliphatic rings. The highest BCUT2D eigenvalue weighted by Gasteiger charge is 2.10. The first-order chi connectivity index (χ1) is 8.65. The van der Waals surface area contributed by atoms with Crippen LogP contribution < -0.4 is 10.5 Å². The molecule has 3 nitrogen and oxygen atoms in total. The van der Waals surface area contributed by atoms with Crippen LogP contribution in [0.3, 0.4) is 0 Å². The molecule has 1 aromatic carbocycles. The highest BCUT2D eigenvalue weighted by atomic mass is 32.1. The van der Waals surface area contributed by atoms with Gasteiger partial charge in [0, 0.05) is 12.7 Å². The van der Waals surface area contributed by atoms with Gasteiger partial charge >= 0.3 is 0 Å². The third-order valence-corrected chi connectivity index (χ3v) is 3.93. The van der Waals surface area contributed by atoms with Crippen molar-refractivity contribution < 1.29 is 4.74 Å². The van der Waals surface area contributed by atoms with E-state index >= 15 is 0 Å².